The van der Waals surface area contributed by atoms with Crippen LogP contribution in [-0.2, 0) is 16.6 Å². The number of nitrogens with one attached hydrogen (secondary N) is 1. The minimum atomic E-state index is -3.43. The van der Waals surface area contributed by atoms with Gasteiger partial charge >= 0.3 is 0 Å². The Morgan fingerprint density at radius 2 is 1.78 bits per heavy atom. The lowest BCUT2D eigenvalue weighted by Crippen LogP contribution is -2.48. The number of aromatic amines is 1. The number of piperazine rings is 1. The molecule has 2 aromatic carbocycles. The monoisotopic (exact) mass is 380 g/mol. The number of hydrogen-bond acceptors (Lipinski definition) is 4. The summed E-state index contributed by atoms with van der Waals surface area (Å²) in [6.45, 7) is 3.04. The van der Waals surface area contributed by atoms with Crippen LogP contribution in [0.1, 0.15) is 11.1 Å². The second-order valence-corrected chi connectivity index (χ2v) is 8.62. The molecule has 27 heavy (non-hydrogen) atoms. The van der Waals surface area contributed by atoms with Gasteiger partial charge in [-0.3, -0.25) is 4.90 Å². The Balaban J connectivity index is 1.45. The Morgan fingerprint density at radius 3 is 2.48 bits per heavy atom. The van der Waals surface area contributed by atoms with E-state index < -0.39 is 10.0 Å². The number of fused-ring (bicyclic) bond motifs is 1. The highest BCUT2D eigenvalue weighted by Gasteiger charge is 2.28. The van der Waals surface area contributed by atoms with Gasteiger partial charge in [-0.05, 0) is 35.9 Å². The molecule has 0 amide bonds. The van der Waals surface area contributed by atoms with E-state index in [1.807, 2.05) is 24.4 Å². The number of nitrogens with zero attached hydrogens (tertiary/aromatic N) is 3. The molecule has 4 rings (SSSR count). The van der Waals surface area contributed by atoms with E-state index in [1.165, 1.54) is 0 Å². The smallest absolute Gasteiger partial charge is 0.243 e. The van der Waals surface area contributed by atoms with Crippen molar-refractivity contribution in [3.63, 3.8) is 0 Å². The first-order valence-corrected chi connectivity index (χ1v) is 10.3. The van der Waals surface area contributed by atoms with Gasteiger partial charge in [-0.15, -0.1) is 0 Å². The van der Waals surface area contributed by atoms with Crippen LogP contribution in [-0.4, -0.2) is 48.8 Å². The molecule has 0 radical (unpaired) electrons. The van der Waals surface area contributed by atoms with Gasteiger partial charge in [0.1, 0.15) is 0 Å². The van der Waals surface area contributed by atoms with Gasteiger partial charge < -0.3 is 4.98 Å². The SMILES string of the molecule is N#Cc1ccc2[nH]cc(CN3CCN(S(=O)(=O)c4ccccc4)CC3)c2c1. The maximum absolute atomic E-state index is 12.7. The van der Waals surface area contributed by atoms with Gasteiger partial charge in [0, 0.05) is 49.8 Å². The molecule has 0 bridgehead atoms. The van der Waals surface area contributed by atoms with Crippen molar-refractivity contribution in [2.24, 2.45) is 0 Å². The highest BCUT2D eigenvalue weighted by molar-refractivity contribution is 7.89. The largest absolute Gasteiger partial charge is 0.361 e. The Kier molecular flexibility index (Phi) is 4.70. The molecule has 1 fully saturated rings. The molecular formula is C20H20N4O2S. The highest BCUT2D eigenvalue weighted by atomic mass is 32.2. The third kappa shape index (κ3) is 3.47. The molecule has 1 N–H and O–H groups in total. The molecule has 3 aromatic rings. The average molecular weight is 380 g/mol. The Labute approximate surface area is 158 Å². The molecule has 1 aromatic heterocycles. The van der Waals surface area contributed by atoms with Crippen LogP contribution < -0.4 is 0 Å². The average Bonchev–Trinajstić information content (AvgIpc) is 3.11. The molecule has 6 nitrogen and oxygen atoms in total. The van der Waals surface area contributed by atoms with Crippen LogP contribution in [0.4, 0.5) is 0 Å². The first kappa shape index (κ1) is 17.7. The van der Waals surface area contributed by atoms with Crippen molar-refractivity contribution in [2.75, 3.05) is 26.2 Å². The molecule has 0 spiro atoms. The molecule has 1 aliphatic heterocycles. The van der Waals surface area contributed by atoms with Crippen LogP contribution in [0.2, 0.25) is 0 Å². The summed E-state index contributed by atoms with van der Waals surface area (Å²) in [5, 5.41) is 10.2. The number of hydrogen-bond donors (Lipinski definition) is 1. The lowest BCUT2D eigenvalue weighted by Gasteiger charge is -2.33. The molecule has 0 saturated carbocycles. The molecule has 7 heteroatoms. The van der Waals surface area contributed by atoms with Gasteiger partial charge in [-0.2, -0.15) is 9.57 Å². The minimum Gasteiger partial charge on any atom is -0.361 e. The standard InChI is InChI=1S/C20H20N4O2S/c21-13-16-6-7-20-19(12-16)17(14-22-20)15-23-8-10-24(11-9-23)27(25,26)18-4-2-1-3-5-18/h1-7,12,14,22H,8-11,15H2. The van der Waals surface area contributed by atoms with Crippen LogP contribution in [0.3, 0.4) is 0 Å². The Hall–Kier alpha value is -2.66. The van der Waals surface area contributed by atoms with Gasteiger partial charge in [-0.25, -0.2) is 8.42 Å². The molecule has 0 aliphatic carbocycles. The number of aromatic nitrogens is 1. The predicted octanol–water partition coefficient (Wildman–Crippen LogP) is 2.55. The minimum absolute atomic E-state index is 0.346. The second kappa shape index (κ2) is 7.16. The van der Waals surface area contributed by atoms with Crippen LogP contribution in [0.5, 0.6) is 0 Å². The summed E-state index contributed by atoms with van der Waals surface area (Å²) in [7, 11) is -3.43. The zero-order valence-electron chi connectivity index (χ0n) is 14.8. The van der Waals surface area contributed by atoms with E-state index in [1.54, 1.807) is 34.6 Å². The third-order valence-corrected chi connectivity index (χ3v) is 6.92. The fraction of sp³-hybridized carbons (Fsp3) is 0.250. The summed E-state index contributed by atoms with van der Waals surface area (Å²) in [6, 6.07) is 16.4. The number of benzene rings is 2. The maximum atomic E-state index is 12.7. The number of H-pyrrole nitrogens is 1. The summed E-state index contributed by atoms with van der Waals surface area (Å²) in [5.74, 6) is 0. The first-order chi connectivity index (χ1) is 13.1. The van der Waals surface area contributed by atoms with Crippen LogP contribution in [0, 0.1) is 11.3 Å². The molecule has 2 heterocycles. The van der Waals surface area contributed by atoms with Crippen molar-refractivity contribution in [3.05, 3.63) is 65.9 Å². The van der Waals surface area contributed by atoms with Crippen LogP contribution in [0.15, 0.2) is 59.6 Å². The fourth-order valence-corrected chi connectivity index (χ4v) is 4.93. The molecule has 138 valence electrons. The van der Waals surface area contributed by atoms with E-state index >= 15 is 0 Å². The first-order valence-electron chi connectivity index (χ1n) is 8.85. The lowest BCUT2D eigenvalue weighted by atomic mass is 10.1. The number of rotatable bonds is 4. The normalized spacial score (nSPS) is 16.4. The molecule has 1 saturated heterocycles. The van der Waals surface area contributed by atoms with E-state index in [0.29, 0.717) is 36.6 Å². The zero-order chi connectivity index (χ0) is 18.9. The third-order valence-electron chi connectivity index (χ3n) is 5.00. The van der Waals surface area contributed by atoms with Gasteiger partial charge in [0.2, 0.25) is 10.0 Å². The summed E-state index contributed by atoms with van der Waals surface area (Å²) >= 11 is 0. The topological polar surface area (TPSA) is 80.2 Å². The summed E-state index contributed by atoms with van der Waals surface area (Å²) < 4.78 is 27.0. The van der Waals surface area contributed by atoms with E-state index in [2.05, 4.69) is 16.0 Å². The molecule has 0 atom stereocenters. The van der Waals surface area contributed by atoms with Crippen molar-refractivity contribution < 1.29 is 8.42 Å². The van der Waals surface area contributed by atoms with Crippen molar-refractivity contribution in [1.29, 1.82) is 5.26 Å². The van der Waals surface area contributed by atoms with E-state index in [4.69, 9.17) is 5.26 Å². The number of sulfonamides is 1. The van der Waals surface area contributed by atoms with Crippen molar-refractivity contribution in [2.45, 2.75) is 11.4 Å². The van der Waals surface area contributed by atoms with Gasteiger partial charge in [0.15, 0.2) is 0 Å². The summed E-state index contributed by atoms with van der Waals surface area (Å²) in [5.41, 5.74) is 2.78. The van der Waals surface area contributed by atoms with E-state index in [-0.39, 0.29) is 0 Å². The zero-order valence-corrected chi connectivity index (χ0v) is 15.6. The molecule has 1 aliphatic rings. The van der Waals surface area contributed by atoms with Crippen LogP contribution in [0.25, 0.3) is 10.9 Å². The summed E-state index contributed by atoms with van der Waals surface area (Å²) in [4.78, 5) is 5.84. The number of nitriles is 1. The Morgan fingerprint density at radius 1 is 1.04 bits per heavy atom. The van der Waals surface area contributed by atoms with Gasteiger partial charge in [0.05, 0.1) is 16.5 Å². The van der Waals surface area contributed by atoms with Gasteiger partial charge in [0.25, 0.3) is 0 Å². The van der Waals surface area contributed by atoms with Crippen molar-refractivity contribution in [1.82, 2.24) is 14.2 Å². The van der Waals surface area contributed by atoms with E-state index in [0.717, 1.165) is 23.0 Å². The predicted molar refractivity (Wildman–Crippen MR) is 103 cm³/mol. The Bertz CT molecular complexity index is 1090. The van der Waals surface area contributed by atoms with Crippen molar-refractivity contribution >= 4 is 20.9 Å². The van der Waals surface area contributed by atoms with Crippen LogP contribution >= 0.6 is 0 Å². The lowest BCUT2D eigenvalue weighted by molar-refractivity contribution is 0.182. The van der Waals surface area contributed by atoms with Crippen molar-refractivity contribution in [3.8, 4) is 6.07 Å². The highest BCUT2D eigenvalue weighted by Crippen LogP contribution is 2.23. The fourth-order valence-electron chi connectivity index (χ4n) is 3.49. The van der Waals surface area contributed by atoms with E-state index in [9.17, 15) is 8.42 Å². The van der Waals surface area contributed by atoms with Gasteiger partial charge in [-0.1, -0.05) is 18.2 Å². The quantitative estimate of drug-likeness (QED) is 0.754. The summed E-state index contributed by atoms with van der Waals surface area (Å²) in [6.07, 6.45) is 1.97. The molecular weight excluding hydrogens is 360 g/mol. The second-order valence-electron chi connectivity index (χ2n) is 6.68. The molecule has 0 unspecified atom stereocenters. The maximum Gasteiger partial charge on any atom is 0.243 e.